The molecule has 0 fully saturated rings. The molecule has 0 amide bonds. The summed E-state index contributed by atoms with van der Waals surface area (Å²) in [6.45, 7) is 5.96. The quantitative estimate of drug-likeness (QED) is 0.239. The number of carboxylic acids is 1. The molecule has 0 aliphatic heterocycles. The Labute approximate surface area is 221 Å². The minimum Gasteiger partial charge on any atom is -0.494 e. The van der Waals surface area contributed by atoms with Crippen molar-refractivity contribution in [3.63, 3.8) is 0 Å². The second-order valence-corrected chi connectivity index (χ2v) is 9.42. The number of halogens is 2. The van der Waals surface area contributed by atoms with E-state index in [1.54, 1.807) is 12.1 Å². The fraction of sp³-hybridized carbons (Fsp3) is 0.370. The molecule has 0 aliphatic carbocycles. The Kier molecular flexibility index (Phi) is 9.93. The Hall–Kier alpha value is -2.87. The number of hydrogen-bond donors (Lipinski definition) is 3. The van der Waals surface area contributed by atoms with E-state index in [-0.39, 0.29) is 30.8 Å². The van der Waals surface area contributed by atoms with E-state index >= 15 is 0 Å². The summed E-state index contributed by atoms with van der Waals surface area (Å²) in [6, 6.07) is 13.8. The predicted octanol–water partition coefficient (Wildman–Crippen LogP) is 6.28. The van der Waals surface area contributed by atoms with Gasteiger partial charge in [-0.1, -0.05) is 55.2 Å². The minimum atomic E-state index is -0.884. The lowest BCUT2D eigenvalue weighted by atomic mass is 10.00. The van der Waals surface area contributed by atoms with E-state index in [9.17, 15) is 20.1 Å². The number of carboxylic acid groups (broad SMARTS) is 1. The number of aryl methyl sites for hydroxylation is 1. The van der Waals surface area contributed by atoms with Gasteiger partial charge in [-0.3, -0.25) is 14.3 Å². The number of ether oxygens (including phenoxy) is 1. The van der Waals surface area contributed by atoms with Crippen LogP contribution >= 0.6 is 23.2 Å². The van der Waals surface area contributed by atoms with Crippen LogP contribution in [0.1, 0.15) is 49.4 Å². The molecule has 1 aromatic heterocycles. The molecule has 36 heavy (non-hydrogen) atoms. The van der Waals surface area contributed by atoms with Gasteiger partial charge in [0, 0.05) is 24.7 Å². The summed E-state index contributed by atoms with van der Waals surface area (Å²) in [5, 5.41) is 30.0. The molecule has 0 saturated heterocycles. The SMILES string of the molecule is CCCN(Cc1ccc(OCCn2c(O)ccc2O)c(CC)c1)C(CC(=O)O)c1ccc(Cl)c(Cl)c1. The molecular formula is C27H32Cl2N2O5. The van der Waals surface area contributed by atoms with E-state index in [0.717, 1.165) is 35.3 Å². The first-order valence-electron chi connectivity index (χ1n) is 12.0. The Morgan fingerprint density at radius 3 is 2.36 bits per heavy atom. The van der Waals surface area contributed by atoms with Crippen molar-refractivity contribution >= 4 is 29.2 Å². The molecule has 0 bridgehead atoms. The summed E-state index contributed by atoms with van der Waals surface area (Å²) in [7, 11) is 0. The molecule has 0 saturated carbocycles. The molecule has 7 nitrogen and oxygen atoms in total. The molecule has 2 aromatic carbocycles. The number of aromatic nitrogens is 1. The maximum atomic E-state index is 11.7. The second kappa shape index (κ2) is 12.9. The van der Waals surface area contributed by atoms with Gasteiger partial charge in [-0.15, -0.1) is 0 Å². The van der Waals surface area contributed by atoms with Crippen LogP contribution < -0.4 is 4.74 Å². The van der Waals surface area contributed by atoms with Crippen molar-refractivity contribution < 1.29 is 24.9 Å². The van der Waals surface area contributed by atoms with E-state index < -0.39 is 5.97 Å². The van der Waals surface area contributed by atoms with Crippen molar-refractivity contribution in [1.82, 2.24) is 9.47 Å². The predicted molar refractivity (Wildman–Crippen MR) is 141 cm³/mol. The largest absolute Gasteiger partial charge is 0.494 e. The first kappa shape index (κ1) is 27.7. The molecular weight excluding hydrogens is 503 g/mol. The molecule has 1 atom stereocenters. The number of hydrogen-bond acceptors (Lipinski definition) is 5. The maximum absolute atomic E-state index is 11.7. The van der Waals surface area contributed by atoms with Crippen molar-refractivity contribution in [3.8, 4) is 17.5 Å². The molecule has 3 rings (SSSR count). The number of benzene rings is 2. The highest BCUT2D eigenvalue weighted by Crippen LogP contribution is 2.32. The van der Waals surface area contributed by atoms with Crippen molar-refractivity contribution in [2.45, 2.75) is 52.2 Å². The van der Waals surface area contributed by atoms with Crippen LogP contribution in [0, 0.1) is 0 Å². The van der Waals surface area contributed by atoms with Gasteiger partial charge in [-0.05, 0) is 54.3 Å². The second-order valence-electron chi connectivity index (χ2n) is 8.60. The summed E-state index contributed by atoms with van der Waals surface area (Å²) in [4.78, 5) is 13.9. The van der Waals surface area contributed by atoms with Gasteiger partial charge in [0.2, 0.25) is 0 Å². The minimum absolute atomic E-state index is 0.0175. The Morgan fingerprint density at radius 2 is 1.75 bits per heavy atom. The lowest BCUT2D eigenvalue weighted by molar-refractivity contribution is -0.138. The van der Waals surface area contributed by atoms with Crippen LogP contribution in [0.4, 0.5) is 0 Å². The Bertz CT molecular complexity index is 1160. The lowest BCUT2D eigenvalue weighted by Crippen LogP contribution is -2.31. The first-order valence-corrected chi connectivity index (χ1v) is 12.7. The third kappa shape index (κ3) is 7.09. The van der Waals surface area contributed by atoms with Crippen LogP contribution in [0.5, 0.6) is 17.5 Å². The normalized spacial score (nSPS) is 12.1. The van der Waals surface area contributed by atoms with Crippen LogP contribution in [0.2, 0.25) is 10.0 Å². The molecule has 3 aromatic rings. The monoisotopic (exact) mass is 534 g/mol. The summed E-state index contributed by atoms with van der Waals surface area (Å²) in [5.74, 6) is -0.182. The van der Waals surface area contributed by atoms with Crippen molar-refractivity contribution in [3.05, 3.63) is 75.3 Å². The van der Waals surface area contributed by atoms with Crippen LogP contribution in [-0.2, 0) is 24.3 Å². The van der Waals surface area contributed by atoms with Crippen molar-refractivity contribution in [1.29, 1.82) is 0 Å². The van der Waals surface area contributed by atoms with Crippen LogP contribution in [-0.4, -0.2) is 43.9 Å². The van der Waals surface area contributed by atoms with Crippen LogP contribution in [0.3, 0.4) is 0 Å². The number of aromatic hydroxyl groups is 2. The number of carbonyl (C=O) groups is 1. The topological polar surface area (TPSA) is 95.2 Å². The zero-order valence-corrected chi connectivity index (χ0v) is 22.0. The summed E-state index contributed by atoms with van der Waals surface area (Å²) >= 11 is 12.3. The average molecular weight is 535 g/mol. The molecule has 0 radical (unpaired) electrons. The van der Waals surface area contributed by atoms with Crippen LogP contribution in [0.25, 0.3) is 0 Å². The Morgan fingerprint density at radius 1 is 1.03 bits per heavy atom. The molecule has 0 aliphatic rings. The van der Waals surface area contributed by atoms with Crippen molar-refractivity contribution in [2.24, 2.45) is 0 Å². The average Bonchev–Trinajstić information content (AvgIpc) is 3.17. The fourth-order valence-corrected chi connectivity index (χ4v) is 4.59. The molecule has 194 valence electrons. The van der Waals surface area contributed by atoms with E-state index in [0.29, 0.717) is 29.7 Å². The van der Waals surface area contributed by atoms with Gasteiger partial charge in [0.05, 0.1) is 23.0 Å². The smallest absolute Gasteiger partial charge is 0.305 e. The van der Waals surface area contributed by atoms with E-state index in [1.807, 2.05) is 25.1 Å². The first-order chi connectivity index (χ1) is 17.2. The molecule has 0 spiro atoms. The van der Waals surface area contributed by atoms with Gasteiger partial charge in [-0.2, -0.15) is 0 Å². The van der Waals surface area contributed by atoms with Gasteiger partial charge in [-0.25, -0.2) is 0 Å². The highest BCUT2D eigenvalue weighted by molar-refractivity contribution is 6.42. The Balaban J connectivity index is 1.78. The van der Waals surface area contributed by atoms with Gasteiger partial charge >= 0.3 is 5.97 Å². The number of aliphatic carboxylic acids is 1. The lowest BCUT2D eigenvalue weighted by Gasteiger charge is -2.31. The molecule has 9 heteroatoms. The molecule has 1 unspecified atom stereocenters. The van der Waals surface area contributed by atoms with E-state index in [2.05, 4.69) is 17.9 Å². The summed E-state index contributed by atoms with van der Waals surface area (Å²) < 4.78 is 7.32. The molecule has 1 heterocycles. The third-order valence-electron chi connectivity index (χ3n) is 6.05. The van der Waals surface area contributed by atoms with Gasteiger partial charge in [0.15, 0.2) is 11.8 Å². The van der Waals surface area contributed by atoms with Gasteiger partial charge < -0.3 is 20.1 Å². The van der Waals surface area contributed by atoms with Gasteiger partial charge in [0.1, 0.15) is 12.4 Å². The zero-order valence-electron chi connectivity index (χ0n) is 20.5. The third-order valence-corrected chi connectivity index (χ3v) is 6.79. The summed E-state index contributed by atoms with van der Waals surface area (Å²) in [5.41, 5.74) is 2.88. The van der Waals surface area contributed by atoms with E-state index in [1.165, 1.54) is 16.7 Å². The number of rotatable bonds is 13. The van der Waals surface area contributed by atoms with Gasteiger partial charge in [0.25, 0.3) is 0 Å². The fourth-order valence-electron chi connectivity index (χ4n) is 4.28. The highest BCUT2D eigenvalue weighted by Gasteiger charge is 2.24. The maximum Gasteiger partial charge on any atom is 0.305 e. The van der Waals surface area contributed by atoms with E-state index in [4.69, 9.17) is 27.9 Å². The standard InChI is InChI=1S/C27H32Cl2N2O5/c1-3-11-30(23(16-27(34)35)20-6-7-21(28)22(29)15-20)17-18-5-8-24(19(4-2)14-18)36-13-12-31-25(32)9-10-26(31)33/h5-10,14-15,23,32-33H,3-4,11-13,16-17H2,1-2H3,(H,34,35). The van der Waals surface area contributed by atoms with Crippen molar-refractivity contribution in [2.75, 3.05) is 13.2 Å². The zero-order chi connectivity index (χ0) is 26.2. The highest BCUT2D eigenvalue weighted by atomic mass is 35.5. The van der Waals surface area contributed by atoms with Crippen LogP contribution in [0.15, 0.2) is 48.5 Å². The number of nitrogens with zero attached hydrogens (tertiary/aromatic N) is 2. The summed E-state index contributed by atoms with van der Waals surface area (Å²) in [6.07, 6.45) is 1.56. The molecule has 3 N–H and O–H groups in total.